The third-order valence-corrected chi connectivity index (χ3v) is 3.33. The summed E-state index contributed by atoms with van der Waals surface area (Å²) in [5.74, 6) is 0. The summed E-state index contributed by atoms with van der Waals surface area (Å²) in [6.45, 7) is 0.821. The van der Waals surface area contributed by atoms with Gasteiger partial charge in [-0.1, -0.05) is 0 Å². The van der Waals surface area contributed by atoms with E-state index in [-0.39, 0.29) is 0 Å². The number of nitrogens with one attached hydrogen (secondary N) is 1. The molecule has 5 heteroatoms. The highest BCUT2D eigenvalue weighted by Crippen LogP contribution is 2.25. The van der Waals surface area contributed by atoms with E-state index >= 15 is 0 Å². The molecule has 13 heavy (non-hydrogen) atoms. The second-order valence-corrected chi connectivity index (χ2v) is 4.26. The first-order valence-corrected chi connectivity index (χ1v) is 5.65. The fourth-order valence-electron chi connectivity index (χ4n) is 0.997. The van der Waals surface area contributed by atoms with Gasteiger partial charge in [-0.25, -0.2) is 9.97 Å². The summed E-state index contributed by atoms with van der Waals surface area (Å²) >= 11 is 3.27. The summed E-state index contributed by atoms with van der Waals surface area (Å²) in [5.41, 5.74) is 1.08. The van der Waals surface area contributed by atoms with Crippen molar-refractivity contribution in [2.45, 2.75) is 6.54 Å². The van der Waals surface area contributed by atoms with Crippen LogP contribution in [0.5, 0.6) is 0 Å². The molecule has 0 aliphatic carbocycles. The van der Waals surface area contributed by atoms with Crippen molar-refractivity contribution in [1.29, 1.82) is 0 Å². The van der Waals surface area contributed by atoms with Crippen molar-refractivity contribution in [2.24, 2.45) is 0 Å². The fourth-order valence-corrected chi connectivity index (χ4v) is 2.51. The van der Waals surface area contributed by atoms with Crippen LogP contribution in [0.4, 0.5) is 0 Å². The number of hydrogen-bond donors (Lipinski definition) is 1. The Balaban J connectivity index is 2.23. The Morgan fingerprint density at radius 2 is 2.31 bits per heavy atom. The van der Waals surface area contributed by atoms with Crippen molar-refractivity contribution in [2.75, 3.05) is 7.05 Å². The maximum absolute atomic E-state index is 4.45. The molecule has 0 aliphatic heterocycles. The molecule has 2 heterocycles. The molecule has 0 fully saturated rings. The molecule has 0 unspecified atom stereocenters. The van der Waals surface area contributed by atoms with E-state index in [1.807, 2.05) is 12.4 Å². The van der Waals surface area contributed by atoms with Crippen LogP contribution in [0.2, 0.25) is 0 Å². The van der Waals surface area contributed by atoms with E-state index in [1.165, 1.54) is 0 Å². The number of nitrogens with zero attached hydrogens (tertiary/aromatic N) is 2. The van der Waals surface area contributed by atoms with Gasteiger partial charge >= 0.3 is 0 Å². The largest absolute Gasteiger partial charge is 0.314 e. The molecule has 0 aliphatic rings. The Kier molecular flexibility index (Phi) is 2.68. The third-order valence-electron chi connectivity index (χ3n) is 1.52. The lowest BCUT2D eigenvalue weighted by Crippen LogP contribution is -2.04. The molecule has 0 bridgehead atoms. The van der Waals surface area contributed by atoms with Crippen LogP contribution in [0, 0.1) is 0 Å². The van der Waals surface area contributed by atoms with Crippen LogP contribution in [-0.4, -0.2) is 17.0 Å². The predicted molar refractivity (Wildman–Crippen MR) is 56.0 cm³/mol. The second kappa shape index (κ2) is 3.95. The summed E-state index contributed by atoms with van der Waals surface area (Å²) in [5, 5.41) is 9.12. The minimum atomic E-state index is 0.821. The lowest BCUT2D eigenvalue weighted by Gasteiger charge is -1.90. The first kappa shape index (κ1) is 8.80. The highest BCUT2D eigenvalue weighted by atomic mass is 32.1. The maximum Gasteiger partial charge on any atom is 0.152 e. The smallest absolute Gasteiger partial charge is 0.152 e. The molecule has 2 aromatic rings. The van der Waals surface area contributed by atoms with Crippen molar-refractivity contribution < 1.29 is 0 Å². The molecule has 0 spiro atoms. The third kappa shape index (κ3) is 1.93. The highest BCUT2D eigenvalue weighted by molar-refractivity contribution is 7.19. The Hall–Kier alpha value is -0.780. The van der Waals surface area contributed by atoms with Crippen LogP contribution in [0.25, 0.3) is 10.0 Å². The monoisotopic (exact) mass is 211 g/mol. The summed E-state index contributed by atoms with van der Waals surface area (Å²) in [4.78, 5) is 8.65. The van der Waals surface area contributed by atoms with Crippen LogP contribution in [-0.2, 0) is 6.54 Å². The Morgan fingerprint density at radius 1 is 1.38 bits per heavy atom. The average Bonchev–Trinajstić information content (AvgIpc) is 2.70. The molecule has 0 saturated heterocycles. The fraction of sp³-hybridized carbons (Fsp3) is 0.250. The number of thiazole rings is 2. The van der Waals surface area contributed by atoms with Crippen molar-refractivity contribution in [3.05, 3.63) is 22.7 Å². The van der Waals surface area contributed by atoms with Gasteiger partial charge in [0.2, 0.25) is 0 Å². The molecule has 0 amide bonds. The topological polar surface area (TPSA) is 37.8 Å². The Bertz CT molecular complexity index is 366. The van der Waals surface area contributed by atoms with Gasteiger partial charge in [-0.05, 0) is 7.05 Å². The first-order valence-electron chi connectivity index (χ1n) is 3.89. The molecule has 0 atom stereocenters. The van der Waals surface area contributed by atoms with E-state index in [1.54, 1.807) is 28.9 Å². The van der Waals surface area contributed by atoms with Crippen molar-refractivity contribution in [1.82, 2.24) is 15.3 Å². The molecule has 3 nitrogen and oxygen atoms in total. The number of hydrogen-bond acceptors (Lipinski definition) is 5. The maximum atomic E-state index is 4.45. The minimum absolute atomic E-state index is 0.821. The molecule has 68 valence electrons. The first-order chi connectivity index (χ1) is 6.40. The zero-order valence-electron chi connectivity index (χ0n) is 7.15. The van der Waals surface area contributed by atoms with Gasteiger partial charge in [0.15, 0.2) is 10.0 Å². The molecule has 1 N–H and O–H groups in total. The van der Waals surface area contributed by atoms with E-state index < -0.39 is 0 Å². The minimum Gasteiger partial charge on any atom is -0.314 e. The van der Waals surface area contributed by atoms with Gasteiger partial charge < -0.3 is 5.32 Å². The quantitative estimate of drug-likeness (QED) is 0.843. The number of rotatable bonds is 3. The summed E-state index contributed by atoms with van der Waals surface area (Å²) in [6, 6.07) is 0. The van der Waals surface area contributed by atoms with Crippen molar-refractivity contribution in [3.63, 3.8) is 0 Å². The van der Waals surface area contributed by atoms with Gasteiger partial charge in [-0.15, -0.1) is 22.7 Å². The summed E-state index contributed by atoms with van der Waals surface area (Å²) in [6.07, 6.45) is 1.80. The average molecular weight is 211 g/mol. The van der Waals surface area contributed by atoms with E-state index in [4.69, 9.17) is 0 Å². The molecule has 2 aromatic heterocycles. The van der Waals surface area contributed by atoms with Crippen molar-refractivity contribution in [3.8, 4) is 10.0 Å². The second-order valence-electron chi connectivity index (χ2n) is 2.51. The molecule has 0 saturated carbocycles. The zero-order valence-corrected chi connectivity index (χ0v) is 8.78. The Morgan fingerprint density at radius 3 is 3.00 bits per heavy atom. The lowest BCUT2D eigenvalue weighted by molar-refractivity contribution is 0.798. The molecule has 0 radical (unpaired) electrons. The number of aromatic nitrogens is 2. The molecule has 2 rings (SSSR count). The predicted octanol–water partition coefficient (Wildman–Crippen LogP) is 1.99. The standard InChI is InChI=1S/C8H9N3S2/c1-9-4-6-5-13-8(11-6)7-10-2-3-12-7/h2-3,5,9H,4H2,1H3. The van der Waals surface area contributed by atoms with E-state index in [9.17, 15) is 0 Å². The van der Waals surface area contributed by atoms with Gasteiger partial charge in [-0.2, -0.15) is 0 Å². The molecular formula is C8H9N3S2. The molecule has 0 aromatic carbocycles. The molecular weight excluding hydrogens is 202 g/mol. The van der Waals surface area contributed by atoms with Gasteiger partial charge in [-0.3, -0.25) is 0 Å². The van der Waals surface area contributed by atoms with Crippen LogP contribution in [0.1, 0.15) is 5.69 Å². The highest BCUT2D eigenvalue weighted by Gasteiger charge is 2.05. The van der Waals surface area contributed by atoms with Gasteiger partial charge in [0.1, 0.15) is 0 Å². The summed E-state index contributed by atoms with van der Waals surface area (Å²) in [7, 11) is 1.92. The normalized spacial score (nSPS) is 10.5. The Labute approximate surface area is 84.5 Å². The van der Waals surface area contributed by atoms with Gasteiger partial charge in [0.25, 0.3) is 0 Å². The van der Waals surface area contributed by atoms with Crippen molar-refractivity contribution >= 4 is 22.7 Å². The van der Waals surface area contributed by atoms with Crippen LogP contribution in [0.3, 0.4) is 0 Å². The zero-order chi connectivity index (χ0) is 9.10. The van der Waals surface area contributed by atoms with E-state index in [0.717, 1.165) is 22.3 Å². The van der Waals surface area contributed by atoms with Gasteiger partial charge in [0, 0.05) is 23.5 Å². The van der Waals surface area contributed by atoms with E-state index in [0.29, 0.717) is 0 Å². The SMILES string of the molecule is CNCc1csc(-c2nccs2)n1. The van der Waals surface area contributed by atoms with Crippen LogP contribution in [0.15, 0.2) is 17.0 Å². The van der Waals surface area contributed by atoms with Crippen LogP contribution >= 0.6 is 22.7 Å². The lowest BCUT2D eigenvalue weighted by atomic mass is 10.5. The van der Waals surface area contributed by atoms with E-state index in [2.05, 4.69) is 20.7 Å². The van der Waals surface area contributed by atoms with Crippen LogP contribution < -0.4 is 5.32 Å². The summed E-state index contributed by atoms with van der Waals surface area (Å²) < 4.78 is 0. The van der Waals surface area contributed by atoms with Gasteiger partial charge in [0.05, 0.1) is 5.69 Å².